The molecule has 0 bridgehead atoms. The predicted molar refractivity (Wildman–Crippen MR) is 45.4 cm³/mol. The molecule has 60 valence electrons. The van der Waals surface area contributed by atoms with E-state index in [4.69, 9.17) is 5.26 Å². The highest BCUT2D eigenvalue weighted by Crippen LogP contribution is 2.24. The van der Waals surface area contributed by atoms with Gasteiger partial charge in [-0.3, -0.25) is 5.01 Å². The maximum atomic E-state index is 8.80. The molecule has 0 fully saturated rings. The molecular formula is C9H9N3. The molecule has 3 nitrogen and oxygen atoms in total. The Hall–Kier alpha value is -1.53. The van der Waals surface area contributed by atoms with E-state index in [1.54, 1.807) is 0 Å². The summed E-state index contributed by atoms with van der Waals surface area (Å²) in [6.07, 6.45) is 7.82. The number of nitrogens with zero attached hydrogens (tertiary/aromatic N) is 3. The molecule has 0 aromatic carbocycles. The van der Waals surface area contributed by atoms with E-state index in [0.29, 0.717) is 6.54 Å². The van der Waals surface area contributed by atoms with Crippen molar-refractivity contribution < 1.29 is 0 Å². The second-order valence-corrected chi connectivity index (χ2v) is 2.84. The summed E-state index contributed by atoms with van der Waals surface area (Å²) in [5.41, 5.74) is 1.83. The van der Waals surface area contributed by atoms with Gasteiger partial charge in [0.05, 0.1) is 23.9 Å². The molecule has 0 saturated heterocycles. The van der Waals surface area contributed by atoms with Crippen LogP contribution in [0.4, 0.5) is 0 Å². The summed E-state index contributed by atoms with van der Waals surface area (Å²) in [6.45, 7) is 0.709. The molecule has 0 radical (unpaired) electrons. The average Bonchev–Trinajstić information content (AvgIpc) is 2.44. The van der Waals surface area contributed by atoms with Gasteiger partial charge in [-0.15, -0.1) is 0 Å². The molecule has 2 heterocycles. The number of allylic oxidation sites excluding steroid dienone is 3. The van der Waals surface area contributed by atoms with Crippen LogP contribution in [0.25, 0.3) is 0 Å². The highest BCUT2D eigenvalue weighted by Gasteiger charge is 2.24. The molecule has 0 spiro atoms. The summed E-state index contributed by atoms with van der Waals surface area (Å²) in [5, 5.41) is 12.8. The average molecular weight is 159 g/mol. The fourth-order valence-electron chi connectivity index (χ4n) is 1.45. The molecule has 3 heteroatoms. The van der Waals surface area contributed by atoms with Gasteiger partial charge in [0.15, 0.2) is 0 Å². The fourth-order valence-corrected chi connectivity index (χ4v) is 1.45. The number of hydrogen-bond acceptors (Lipinski definition) is 3. The zero-order valence-electron chi connectivity index (χ0n) is 6.86. The first-order valence-electron chi connectivity index (χ1n) is 3.81. The maximum Gasteiger partial charge on any atom is 0.0984 e. The van der Waals surface area contributed by atoms with Crippen LogP contribution in [0, 0.1) is 11.3 Å². The quantitative estimate of drug-likeness (QED) is 0.528. The van der Waals surface area contributed by atoms with Gasteiger partial charge in [0.2, 0.25) is 0 Å². The molecule has 0 N–H and O–H groups in total. The first kappa shape index (κ1) is 7.14. The van der Waals surface area contributed by atoms with Crippen LogP contribution in [0.2, 0.25) is 0 Å². The fraction of sp³-hybridized carbons (Fsp3) is 0.222. The van der Waals surface area contributed by atoms with E-state index < -0.39 is 0 Å². The van der Waals surface area contributed by atoms with Crippen LogP contribution in [0.1, 0.15) is 0 Å². The second kappa shape index (κ2) is 2.50. The van der Waals surface area contributed by atoms with E-state index in [1.807, 2.05) is 41.5 Å². The first-order valence-corrected chi connectivity index (χ1v) is 3.81. The van der Waals surface area contributed by atoms with E-state index in [9.17, 15) is 0 Å². The monoisotopic (exact) mass is 159 g/mol. The summed E-state index contributed by atoms with van der Waals surface area (Å²) in [5.74, 6) is 0. The Morgan fingerprint density at radius 1 is 1.50 bits per heavy atom. The largest absolute Gasteiger partial charge is 0.281 e. The lowest BCUT2D eigenvalue weighted by molar-refractivity contribution is 0.131. The summed E-state index contributed by atoms with van der Waals surface area (Å²) >= 11 is 0. The van der Waals surface area contributed by atoms with Crippen LogP contribution in [0.15, 0.2) is 35.7 Å². The number of likely N-dealkylation sites (N-methyl/N-ethyl adjacent to an activating group) is 1. The van der Waals surface area contributed by atoms with Gasteiger partial charge in [0, 0.05) is 13.2 Å². The van der Waals surface area contributed by atoms with Gasteiger partial charge in [-0.05, 0) is 12.2 Å². The summed E-state index contributed by atoms with van der Waals surface area (Å²) < 4.78 is 0. The third-order valence-electron chi connectivity index (χ3n) is 2.04. The van der Waals surface area contributed by atoms with Crippen molar-refractivity contribution >= 4 is 0 Å². The Bertz CT molecular complexity index is 330. The lowest BCUT2D eigenvalue weighted by Crippen LogP contribution is -2.29. The molecule has 0 unspecified atom stereocenters. The number of hydrogen-bond donors (Lipinski definition) is 0. The van der Waals surface area contributed by atoms with Crippen molar-refractivity contribution in [3.8, 4) is 6.07 Å². The van der Waals surface area contributed by atoms with Crippen LogP contribution >= 0.6 is 0 Å². The minimum absolute atomic E-state index is 0.709. The molecule has 0 aliphatic carbocycles. The van der Waals surface area contributed by atoms with E-state index in [1.165, 1.54) is 0 Å². The maximum absolute atomic E-state index is 8.80. The zero-order chi connectivity index (χ0) is 8.55. The standard InChI is InChI=1S/C9H9N3/c1-11-7-8(6-10)9-4-2-3-5-12(9)11/h2-5H,7H2,1H3. The number of nitriles is 1. The number of rotatable bonds is 0. The topological polar surface area (TPSA) is 30.3 Å². The summed E-state index contributed by atoms with van der Waals surface area (Å²) in [4.78, 5) is 0. The van der Waals surface area contributed by atoms with E-state index >= 15 is 0 Å². The normalized spacial score (nSPS) is 21.5. The third-order valence-corrected chi connectivity index (χ3v) is 2.04. The molecule has 0 atom stereocenters. The summed E-state index contributed by atoms with van der Waals surface area (Å²) in [6, 6.07) is 2.20. The lowest BCUT2D eigenvalue weighted by atomic mass is 10.2. The molecule has 2 aliphatic heterocycles. The van der Waals surface area contributed by atoms with Crippen LogP contribution < -0.4 is 0 Å². The molecule has 12 heavy (non-hydrogen) atoms. The van der Waals surface area contributed by atoms with Crippen molar-refractivity contribution in [2.45, 2.75) is 0 Å². The Morgan fingerprint density at radius 3 is 3.08 bits per heavy atom. The minimum atomic E-state index is 0.709. The van der Waals surface area contributed by atoms with Crippen molar-refractivity contribution in [2.24, 2.45) is 0 Å². The van der Waals surface area contributed by atoms with Gasteiger partial charge in [-0.2, -0.15) is 5.26 Å². The van der Waals surface area contributed by atoms with Crippen molar-refractivity contribution in [3.63, 3.8) is 0 Å². The number of fused-ring (bicyclic) bond motifs is 1. The van der Waals surface area contributed by atoms with Crippen molar-refractivity contribution in [1.82, 2.24) is 10.0 Å². The minimum Gasteiger partial charge on any atom is -0.281 e. The molecule has 0 aromatic rings. The molecular weight excluding hydrogens is 150 g/mol. The van der Waals surface area contributed by atoms with Gasteiger partial charge in [0.25, 0.3) is 0 Å². The third kappa shape index (κ3) is 0.858. The smallest absolute Gasteiger partial charge is 0.0984 e. The van der Waals surface area contributed by atoms with Gasteiger partial charge in [-0.25, -0.2) is 5.01 Å². The van der Waals surface area contributed by atoms with Gasteiger partial charge < -0.3 is 0 Å². The van der Waals surface area contributed by atoms with Crippen molar-refractivity contribution in [1.29, 1.82) is 5.26 Å². The highest BCUT2D eigenvalue weighted by molar-refractivity contribution is 5.41. The van der Waals surface area contributed by atoms with E-state index in [2.05, 4.69) is 6.07 Å². The molecule has 0 aromatic heterocycles. The number of hydrazine groups is 1. The zero-order valence-corrected chi connectivity index (χ0v) is 6.86. The van der Waals surface area contributed by atoms with E-state index in [-0.39, 0.29) is 0 Å². The van der Waals surface area contributed by atoms with Crippen molar-refractivity contribution in [2.75, 3.05) is 13.6 Å². The van der Waals surface area contributed by atoms with Gasteiger partial charge >= 0.3 is 0 Å². The first-order chi connectivity index (χ1) is 5.83. The summed E-state index contributed by atoms with van der Waals surface area (Å²) in [7, 11) is 1.97. The van der Waals surface area contributed by atoms with Crippen LogP contribution in [-0.2, 0) is 0 Å². The predicted octanol–water partition coefficient (Wildman–Crippen LogP) is 1.01. The molecule has 0 amide bonds. The second-order valence-electron chi connectivity index (χ2n) is 2.84. The SMILES string of the molecule is CN1CC(C#N)=C2C=CC=CN21. The van der Waals surface area contributed by atoms with Crippen molar-refractivity contribution in [3.05, 3.63) is 35.7 Å². The van der Waals surface area contributed by atoms with Gasteiger partial charge in [0.1, 0.15) is 0 Å². The van der Waals surface area contributed by atoms with Crippen LogP contribution in [0.5, 0.6) is 0 Å². The Balaban J connectivity index is 2.43. The Kier molecular flexibility index (Phi) is 1.49. The molecule has 2 rings (SSSR count). The van der Waals surface area contributed by atoms with Crippen LogP contribution in [-0.4, -0.2) is 23.6 Å². The molecule has 0 saturated carbocycles. The Labute approximate surface area is 71.5 Å². The Morgan fingerprint density at radius 2 is 2.33 bits per heavy atom. The van der Waals surface area contributed by atoms with Crippen LogP contribution in [0.3, 0.4) is 0 Å². The molecule has 2 aliphatic rings. The lowest BCUT2D eigenvalue weighted by Gasteiger charge is -2.25. The highest BCUT2D eigenvalue weighted by atomic mass is 15.6. The van der Waals surface area contributed by atoms with E-state index in [0.717, 1.165) is 11.3 Å². The van der Waals surface area contributed by atoms with Gasteiger partial charge in [-0.1, -0.05) is 6.08 Å².